The first-order chi connectivity index (χ1) is 17.3. The minimum Gasteiger partial charge on any atom is -0.476 e. The molecule has 0 bridgehead atoms. The number of aliphatic hydroxyl groups is 1. The highest BCUT2D eigenvalue weighted by Crippen LogP contribution is 2.41. The van der Waals surface area contributed by atoms with Crippen molar-refractivity contribution in [2.45, 2.75) is 50.2 Å². The van der Waals surface area contributed by atoms with Gasteiger partial charge in [0.2, 0.25) is 5.88 Å². The summed E-state index contributed by atoms with van der Waals surface area (Å²) < 4.78 is 23.8. The van der Waals surface area contributed by atoms with E-state index in [1.165, 1.54) is 4.90 Å². The van der Waals surface area contributed by atoms with E-state index in [9.17, 15) is 15.0 Å². The highest BCUT2D eigenvalue weighted by Gasteiger charge is 2.33. The summed E-state index contributed by atoms with van der Waals surface area (Å²) in [4.78, 5) is 20.0. The fraction of sp³-hybridized carbons (Fsp3) is 0.520. The Hall–Kier alpha value is -2.14. The molecule has 1 aromatic carbocycles. The zero-order chi connectivity index (χ0) is 25.6. The first-order valence-electron chi connectivity index (χ1n) is 12.2. The molecule has 2 aliphatic rings. The van der Waals surface area contributed by atoms with Crippen LogP contribution < -0.4 is 4.74 Å². The van der Waals surface area contributed by atoms with Crippen molar-refractivity contribution in [3.8, 4) is 5.88 Å². The van der Waals surface area contributed by atoms with Crippen LogP contribution in [-0.2, 0) is 0 Å². The van der Waals surface area contributed by atoms with Crippen LogP contribution in [0.1, 0.15) is 38.1 Å². The first kappa shape index (κ1) is 25.5. The van der Waals surface area contributed by atoms with Gasteiger partial charge in [0.1, 0.15) is 12.1 Å². The minimum absolute atomic E-state index is 0.0421. The number of amides is 1. The van der Waals surface area contributed by atoms with Gasteiger partial charge in [-0.3, -0.25) is 0 Å². The van der Waals surface area contributed by atoms with Gasteiger partial charge in [0.25, 0.3) is 0 Å². The molecule has 0 saturated carbocycles. The molecule has 0 spiro atoms. The number of piperidine rings is 1. The molecule has 3 aromatic rings. The lowest BCUT2D eigenvalue weighted by molar-refractivity contribution is 0.0804. The summed E-state index contributed by atoms with van der Waals surface area (Å²) in [6.45, 7) is 1.74. The van der Waals surface area contributed by atoms with Crippen LogP contribution in [0.25, 0.3) is 21.8 Å². The predicted octanol–water partition coefficient (Wildman–Crippen LogP) is 5.28. The molecule has 194 valence electrons. The van der Waals surface area contributed by atoms with Crippen LogP contribution in [0.4, 0.5) is 9.18 Å². The van der Waals surface area contributed by atoms with E-state index in [2.05, 4.69) is 37.4 Å². The Bertz CT molecular complexity index is 1300. The molecule has 1 amide bonds. The maximum atomic E-state index is 15.4. The molecule has 11 heteroatoms. The molecule has 8 nitrogen and oxygen atoms in total. The average Bonchev–Trinajstić information content (AvgIpc) is 3.48. The smallest absolute Gasteiger partial charge is 0.407 e. The maximum absolute atomic E-state index is 15.4. The number of carbonyl (C=O) groups is 1. The van der Waals surface area contributed by atoms with Crippen molar-refractivity contribution in [2.24, 2.45) is 0 Å². The summed E-state index contributed by atoms with van der Waals surface area (Å²) in [6.07, 6.45) is 4.61. The van der Waals surface area contributed by atoms with Crippen molar-refractivity contribution in [2.75, 3.05) is 33.4 Å². The number of hydrogen-bond acceptors (Lipinski definition) is 5. The highest BCUT2D eigenvalue weighted by atomic mass is 79.9. The number of fused-ring (bicyclic) bond motifs is 3. The van der Waals surface area contributed by atoms with Gasteiger partial charge < -0.3 is 29.3 Å². The molecule has 2 fully saturated rings. The number of likely N-dealkylation sites (tertiary alicyclic amines) is 2. The lowest BCUT2D eigenvalue weighted by Gasteiger charge is -2.38. The van der Waals surface area contributed by atoms with E-state index in [0.717, 1.165) is 30.3 Å². The van der Waals surface area contributed by atoms with E-state index in [-0.39, 0.29) is 39.7 Å². The summed E-state index contributed by atoms with van der Waals surface area (Å²) in [7, 11) is 2.08. The number of hydrogen-bond donors (Lipinski definition) is 2. The van der Waals surface area contributed by atoms with Gasteiger partial charge in [0, 0.05) is 42.9 Å². The van der Waals surface area contributed by atoms with E-state index in [0.29, 0.717) is 43.7 Å². The average molecular weight is 584 g/mol. The molecular weight excluding hydrogens is 555 g/mol. The largest absolute Gasteiger partial charge is 0.476 e. The van der Waals surface area contributed by atoms with Crippen LogP contribution in [0.2, 0.25) is 5.02 Å². The number of benzene rings is 1. The van der Waals surface area contributed by atoms with Gasteiger partial charge in [-0.25, -0.2) is 14.2 Å². The molecule has 2 aromatic heterocycles. The molecule has 3 atom stereocenters. The Morgan fingerprint density at radius 3 is 2.81 bits per heavy atom. The van der Waals surface area contributed by atoms with Crippen LogP contribution in [0.15, 0.2) is 22.8 Å². The third kappa shape index (κ3) is 4.53. The van der Waals surface area contributed by atoms with Gasteiger partial charge >= 0.3 is 6.09 Å². The second kappa shape index (κ2) is 10.3. The second-order valence-electron chi connectivity index (χ2n) is 9.69. The van der Waals surface area contributed by atoms with Crippen LogP contribution in [0.5, 0.6) is 5.88 Å². The van der Waals surface area contributed by atoms with Gasteiger partial charge in [-0.2, -0.15) is 0 Å². The van der Waals surface area contributed by atoms with Crippen molar-refractivity contribution in [1.29, 1.82) is 0 Å². The van der Waals surface area contributed by atoms with E-state index < -0.39 is 11.9 Å². The summed E-state index contributed by atoms with van der Waals surface area (Å²) in [5, 5.41) is 20.7. The molecule has 0 aliphatic carbocycles. The van der Waals surface area contributed by atoms with E-state index in [1.807, 2.05) is 12.3 Å². The van der Waals surface area contributed by atoms with Gasteiger partial charge in [0.05, 0.1) is 20.4 Å². The fourth-order valence-corrected chi connectivity index (χ4v) is 6.17. The van der Waals surface area contributed by atoms with Crippen LogP contribution in [-0.4, -0.2) is 81.1 Å². The standard InChI is InChI=1S/C25H29BrClFN4O4/c1-30-7-2-3-16(30)13-36-24-17-5-9-31(14-4-8-32(25(34)35)15(11-14)6-10-33)23(17)18-12-19(27)20(26)21(28)22(18)29-24/h5,9,12,14-16,33H,2-4,6-8,10-11,13H2,1H3,(H,34,35)/t14-,15+,16?/m0/s1. The van der Waals surface area contributed by atoms with Crippen molar-refractivity contribution < 1.29 is 24.1 Å². The van der Waals surface area contributed by atoms with E-state index in [1.54, 1.807) is 6.07 Å². The molecule has 5 rings (SSSR count). The molecular formula is C25H29BrClFN4O4. The quantitative estimate of drug-likeness (QED) is 0.384. The number of aliphatic hydroxyl groups excluding tert-OH is 1. The zero-order valence-electron chi connectivity index (χ0n) is 20.0. The predicted molar refractivity (Wildman–Crippen MR) is 140 cm³/mol. The van der Waals surface area contributed by atoms with Crippen molar-refractivity contribution in [3.05, 3.63) is 33.6 Å². The fourth-order valence-electron chi connectivity index (χ4n) is 5.68. The Balaban J connectivity index is 1.60. The number of carboxylic acid groups (broad SMARTS) is 1. The molecule has 0 radical (unpaired) electrons. The van der Waals surface area contributed by atoms with E-state index in [4.69, 9.17) is 16.3 Å². The van der Waals surface area contributed by atoms with Crippen molar-refractivity contribution in [1.82, 2.24) is 19.4 Å². The van der Waals surface area contributed by atoms with Crippen molar-refractivity contribution >= 4 is 55.4 Å². The number of halogens is 3. The van der Waals surface area contributed by atoms with Crippen LogP contribution >= 0.6 is 27.5 Å². The molecule has 1 unspecified atom stereocenters. The topological polar surface area (TPSA) is 91.1 Å². The number of ether oxygens (including phenoxy) is 1. The minimum atomic E-state index is -0.981. The van der Waals surface area contributed by atoms with Gasteiger partial charge in [0.15, 0.2) is 5.82 Å². The molecule has 2 saturated heterocycles. The number of likely N-dealkylation sites (N-methyl/N-ethyl adjacent to an activating group) is 1. The van der Waals surface area contributed by atoms with Crippen LogP contribution in [0.3, 0.4) is 0 Å². The summed E-state index contributed by atoms with van der Waals surface area (Å²) in [5.74, 6) is -0.173. The number of rotatable bonds is 6. The van der Waals surface area contributed by atoms with Crippen LogP contribution in [0, 0.1) is 5.82 Å². The monoisotopic (exact) mass is 582 g/mol. The number of aromatic nitrogens is 2. The first-order valence-corrected chi connectivity index (χ1v) is 13.4. The van der Waals surface area contributed by atoms with Gasteiger partial charge in [-0.15, -0.1) is 0 Å². The third-order valence-electron chi connectivity index (χ3n) is 7.62. The second-order valence-corrected chi connectivity index (χ2v) is 10.9. The molecule has 36 heavy (non-hydrogen) atoms. The normalized spacial score (nSPS) is 23.1. The summed E-state index contributed by atoms with van der Waals surface area (Å²) in [6, 6.07) is 3.57. The van der Waals surface area contributed by atoms with Gasteiger partial charge in [-0.05, 0) is 73.8 Å². The van der Waals surface area contributed by atoms with Gasteiger partial charge in [-0.1, -0.05) is 11.6 Å². The Kier molecular flexibility index (Phi) is 7.31. The SMILES string of the molecule is CN1CCCC1COc1nc2c(F)c(Br)c(Cl)cc2c2c1ccn2[C@H]1CCN(C(=O)O)[C@H](CCO)C1. The third-order valence-corrected chi connectivity index (χ3v) is 8.93. The Morgan fingerprint density at radius 2 is 2.11 bits per heavy atom. The summed E-state index contributed by atoms with van der Waals surface area (Å²) >= 11 is 9.59. The summed E-state index contributed by atoms with van der Waals surface area (Å²) in [5.41, 5.74) is 0.933. The molecule has 2 N–H and O–H groups in total. The molecule has 2 aliphatic heterocycles. The maximum Gasteiger partial charge on any atom is 0.407 e. The molecule has 4 heterocycles. The number of nitrogens with zero attached hydrogens (tertiary/aromatic N) is 4. The highest BCUT2D eigenvalue weighted by molar-refractivity contribution is 9.10. The van der Waals surface area contributed by atoms with Crippen molar-refractivity contribution in [3.63, 3.8) is 0 Å². The number of pyridine rings is 1. The Morgan fingerprint density at radius 1 is 1.31 bits per heavy atom. The lowest BCUT2D eigenvalue weighted by atomic mass is 9.95. The van der Waals surface area contributed by atoms with E-state index >= 15 is 4.39 Å². The Labute approximate surface area is 221 Å². The lowest BCUT2D eigenvalue weighted by Crippen LogP contribution is -2.46. The zero-order valence-corrected chi connectivity index (χ0v) is 22.3.